The Morgan fingerprint density at radius 3 is 2.56 bits per heavy atom. The normalized spacial score (nSPS) is 11.6. The van der Waals surface area contributed by atoms with Crippen molar-refractivity contribution >= 4 is 32.3 Å². The lowest BCUT2D eigenvalue weighted by Gasteiger charge is -2.09. The zero-order valence-electron chi connectivity index (χ0n) is 8.95. The van der Waals surface area contributed by atoms with Gasteiger partial charge in [-0.15, -0.1) is 0 Å². The number of hydrogen-bond donors (Lipinski definition) is 4. The zero-order valence-corrected chi connectivity index (χ0v) is 9.77. The van der Waals surface area contributed by atoms with E-state index < -0.39 is 26.5 Å². The smallest absolute Gasteiger partial charge is 0.296 e. The fraction of sp³-hybridized carbons (Fsp3) is 0. The highest BCUT2D eigenvalue weighted by atomic mass is 32.2. The van der Waals surface area contributed by atoms with Crippen molar-refractivity contribution in [3.63, 3.8) is 0 Å². The van der Waals surface area contributed by atoms with Crippen molar-refractivity contribution in [3.8, 4) is 5.75 Å². The van der Waals surface area contributed by atoms with Crippen molar-refractivity contribution in [1.29, 1.82) is 5.53 Å². The molecule has 2 aromatic rings. The average molecular weight is 267 g/mol. The number of aromatic hydroxyl groups is 1. The SMILES string of the molecule is N=Nc1c(S(=O)(=O)O)cc2cccc(N)c2c1O. The van der Waals surface area contributed by atoms with Crippen molar-refractivity contribution in [2.75, 3.05) is 5.73 Å². The van der Waals surface area contributed by atoms with Crippen LogP contribution in [0.1, 0.15) is 0 Å². The number of benzene rings is 2. The number of phenolic OH excluding ortho intramolecular Hbond substituents is 1. The first-order valence-corrected chi connectivity index (χ1v) is 6.19. The van der Waals surface area contributed by atoms with Gasteiger partial charge in [-0.3, -0.25) is 4.55 Å². The highest BCUT2D eigenvalue weighted by Gasteiger charge is 2.22. The molecule has 0 aliphatic heterocycles. The molecule has 2 rings (SSSR count). The van der Waals surface area contributed by atoms with E-state index in [0.29, 0.717) is 5.39 Å². The molecular weight excluding hydrogens is 258 g/mol. The number of nitrogen functional groups attached to an aromatic ring is 1. The van der Waals surface area contributed by atoms with E-state index in [9.17, 15) is 13.5 Å². The molecule has 18 heavy (non-hydrogen) atoms. The van der Waals surface area contributed by atoms with E-state index in [2.05, 4.69) is 5.11 Å². The molecule has 0 saturated heterocycles. The molecule has 0 aromatic heterocycles. The molecule has 0 aliphatic rings. The van der Waals surface area contributed by atoms with Crippen LogP contribution in [0.3, 0.4) is 0 Å². The quantitative estimate of drug-likeness (QED) is 0.375. The predicted molar refractivity (Wildman–Crippen MR) is 64.6 cm³/mol. The number of nitrogens with zero attached hydrogens (tertiary/aromatic N) is 1. The van der Waals surface area contributed by atoms with Gasteiger partial charge in [0.2, 0.25) is 0 Å². The van der Waals surface area contributed by atoms with Crippen molar-refractivity contribution in [3.05, 3.63) is 24.3 Å². The fourth-order valence-electron chi connectivity index (χ4n) is 1.73. The Balaban J connectivity index is 3.05. The summed E-state index contributed by atoms with van der Waals surface area (Å²) >= 11 is 0. The third kappa shape index (κ3) is 1.77. The molecule has 7 nitrogen and oxygen atoms in total. The van der Waals surface area contributed by atoms with Gasteiger partial charge in [0, 0.05) is 11.1 Å². The molecule has 0 atom stereocenters. The zero-order chi connectivity index (χ0) is 13.5. The minimum absolute atomic E-state index is 0.191. The average Bonchev–Trinajstić information content (AvgIpc) is 2.27. The molecule has 0 amide bonds. The number of anilines is 1. The third-order valence-corrected chi connectivity index (χ3v) is 3.37. The first-order valence-electron chi connectivity index (χ1n) is 4.75. The van der Waals surface area contributed by atoms with Crippen LogP contribution in [0.4, 0.5) is 11.4 Å². The Bertz CT molecular complexity index is 755. The Hall–Kier alpha value is -2.19. The molecule has 0 unspecified atom stereocenters. The van der Waals surface area contributed by atoms with Crippen LogP contribution >= 0.6 is 0 Å². The van der Waals surface area contributed by atoms with Crippen LogP contribution in [-0.2, 0) is 10.1 Å². The summed E-state index contributed by atoms with van der Waals surface area (Å²) in [6.45, 7) is 0. The molecule has 0 saturated carbocycles. The molecular formula is C10H9N3O4S. The van der Waals surface area contributed by atoms with E-state index in [0.717, 1.165) is 6.07 Å². The summed E-state index contributed by atoms with van der Waals surface area (Å²) in [5, 5.41) is 13.4. The van der Waals surface area contributed by atoms with E-state index >= 15 is 0 Å². The van der Waals surface area contributed by atoms with E-state index in [1.807, 2.05) is 0 Å². The van der Waals surface area contributed by atoms with Crippen LogP contribution in [0.5, 0.6) is 5.75 Å². The van der Waals surface area contributed by atoms with Crippen LogP contribution in [0.2, 0.25) is 0 Å². The first kappa shape index (κ1) is 12.3. The summed E-state index contributed by atoms with van der Waals surface area (Å²) in [5.41, 5.74) is 12.2. The van der Waals surface area contributed by atoms with Crippen LogP contribution in [0.25, 0.3) is 10.8 Å². The van der Waals surface area contributed by atoms with Crippen LogP contribution in [-0.4, -0.2) is 18.1 Å². The molecule has 0 fully saturated rings. The van der Waals surface area contributed by atoms with E-state index in [1.165, 1.54) is 12.1 Å². The molecule has 8 heteroatoms. The summed E-state index contributed by atoms with van der Waals surface area (Å²) < 4.78 is 31.4. The third-order valence-electron chi connectivity index (χ3n) is 2.50. The topological polar surface area (TPSA) is 137 Å². The van der Waals surface area contributed by atoms with Gasteiger partial charge in [0.1, 0.15) is 10.6 Å². The maximum Gasteiger partial charge on any atom is 0.296 e. The maximum atomic E-state index is 11.2. The van der Waals surface area contributed by atoms with E-state index in [-0.39, 0.29) is 11.1 Å². The van der Waals surface area contributed by atoms with Crippen molar-refractivity contribution in [2.24, 2.45) is 5.11 Å². The Morgan fingerprint density at radius 2 is 2.00 bits per heavy atom. The van der Waals surface area contributed by atoms with E-state index in [1.54, 1.807) is 6.07 Å². The lowest BCUT2D eigenvalue weighted by molar-refractivity contribution is 0.472. The van der Waals surface area contributed by atoms with Gasteiger partial charge in [-0.2, -0.15) is 13.5 Å². The lowest BCUT2D eigenvalue weighted by atomic mass is 10.1. The molecule has 2 aromatic carbocycles. The predicted octanol–water partition coefficient (Wildman–Crippen LogP) is 2.04. The summed E-state index contributed by atoms with van der Waals surface area (Å²) in [5.74, 6) is -0.548. The van der Waals surface area contributed by atoms with Crippen molar-refractivity contribution < 1.29 is 18.1 Å². The standard InChI is InChI=1S/C10H9N3O4S/c11-6-3-1-2-5-4-7(18(15,16)17)9(13-12)10(14)8(5)6/h1-4,12,14H,11H2,(H,15,16,17). The number of nitrogens with one attached hydrogen (secondary N) is 1. The second-order valence-corrected chi connectivity index (χ2v) is 4.99. The van der Waals surface area contributed by atoms with Gasteiger partial charge < -0.3 is 10.8 Å². The molecule has 0 radical (unpaired) electrons. The first-order chi connectivity index (χ1) is 8.36. The van der Waals surface area contributed by atoms with E-state index in [4.69, 9.17) is 15.8 Å². The van der Waals surface area contributed by atoms with Gasteiger partial charge in [0.25, 0.3) is 10.1 Å². The van der Waals surface area contributed by atoms with Gasteiger partial charge in [0.05, 0.1) is 0 Å². The molecule has 94 valence electrons. The van der Waals surface area contributed by atoms with Gasteiger partial charge >= 0.3 is 0 Å². The summed E-state index contributed by atoms with van der Waals surface area (Å²) in [6, 6.07) is 5.72. The summed E-state index contributed by atoms with van der Waals surface area (Å²) in [6.07, 6.45) is 0. The summed E-state index contributed by atoms with van der Waals surface area (Å²) in [7, 11) is -4.59. The van der Waals surface area contributed by atoms with Crippen LogP contribution < -0.4 is 5.73 Å². The number of hydrogen-bond acceptors (Lipinski definition) is 6. The molecule has 0 spiro atoms. The highest BCUT2D eigenvalue weighted by molar-refractivity contribution is 7.86. The van der Waals surface area contributed by atoms with Gasteiger partial charge in [-0.05, 0) is 17.5 Å². The van der Waals surface area contributed by atoms with Crippen molar-refractivity contribution in [1.82, 2.24) is 0 Å². The Morgan fingerprint density at radius 1 is 1.33 bits per heavy atom. The van der Waals surface area contributed by atoms with Crippen LogP contribution in [0.15, 0.2) is 34.3 Å². The Kier molecular flexibility index (Phi) is 2.68. The molecule has 0 bridgehead atoms. The van der Waals surface area contributed by atoms with Gasteiger partial charge in [-0.25, -0.2) is 5.53 Å². The number of rotatable bonds is 2. The highest BCUT2D eigenvalue weighted by Crippen LogP contribution is 2.42. The minimum atomic E-state index is -4.59. The second kappa shape index (κ2) is 3.93. The second-order valence-electron chi connectivity index (χ2n) is 3.60. The maximum absolute atomic E-state index is 11.2. The van der Waals surface area contributed by atoms with Crippen LogP contribution in [0, 0.1) is 5.53 Å². The largest absolute Gasteiger partial charge is 0.505 e. The number of nitrogens with two attached hydrogens (primary N) is 1. The van der Waals surface area contributed by atoms with Gasteiger partial charge in [0.15, 0.2) is 5.75 Å². The summed E-state index contributed by atoms with van der Waals surface area (Å²) in [4.78, 5) is -0.631. The number of fused-ring (bicyclic) bond motifs is 1. The monoisotopic (exact) mass is 267 g/mol. The fourth-order valence-corrected chi connectivity index (χ4v) is 2.39. The Labute approximate surface area is 102 Å². The van der Waals surface area contributed by atoms with Gasteiger partial charge in [-0.1, -0.05) is 12.1 Å². The lowest BCUT2D eigenvalue weighted by Crippen LogP contribution is -1.99. The molecule has 0 heterocycles. The molecule has 5 N–H and O–H groups in total. The molecule has 0 aliphatic carbocycles. The van der Waals surface area contributed by atoms with Crippen molar-refractivity contribution in [2.45, 2.75) is 4.90 Å². The number of phenols is 1. The minimum Gasteiger partial charge on any atom is -0.505 e.